The van der Waals surface area contributed by atoms with Gasteiger partial charge in [-0.05, 0) is 48.4 Å². The summed E-state index contributed by atoms with van der Waals surface area (Å²) >= 11 is 0. The molecule has 3 N–H and O–H groups in total. The molecule has 0 aliphatic carbocycles. The Balaban J connectivity index is 1.66. The van der Waals surface area contributed by atoms with Gasteiger partial charge in [-0.15, -0.1) is 0 Å². The van der Waals surface area contributed by atoms with E-state index in [2.05, 4.69) is 54.7 Å². The lowest BCUT2D eigenvalue weighted by molar-refractivity contribution is 0.739. The van der Waals surface area contributed by atoms with E-state index in [1.165, 1.54) is 11.1 Å². The van der Waals surface area contributed by atoms with Gasteiger partial charge in [-0.25, -0.2) is 9.97 Å². The molecule has 118 valence electrons. The van der Waals surface area contributed by atoms with E-state index in [1.807, 2.05) is 12.1 Å². The summed E-state index contributed by atoms with van der Waals surface area (Å²) in [5, 5.41) is 12.0. The highest BCUT2D eigenvalue weighted by atomic mass is 15.1. The predicted molar refractivity (Wildman–Crippen MR) is 94.4 cm³/mol. The number of nitrogens with zero attached hydrogens (tertiary/aromatic N) is 3. The fourth-order valence-corrected chi connectivity index (χ4v) is 3.24. The monoisotopic (exact) mass is 316 g/mol. The van der Waals surface area contributed by atoms with Crippen molar-refractivity contribution >= 4 is 27.6 Å². The van der Waals surface area contributed by atoms with Crippen molar-refractivity contribution in [2.75, 3.05) is 13.1 Å². The second-order valence-corrected chi connectivity index (χ2v) is 5.98. The van der Waals surface area contributed by atoms with E-state index in [-0.39, 0.29) is 0 Å². The van der Waals surface area contributed by atoms with E-state index in [0.717, 1.165) is 47.4 Å². The SMILES string of the molecule is C1=C(c2ccc3[nH]nc(-c4nc5ncccc5[nH]4)c3c2)CCNC1. The third kappa shape index (κ3) is 2.11. The Morgan fingerprint density at radius 2 is 2.08 bits per heavy atom. The Labute approximate surface area is 138 Å². The van der Waals surface area contributed by atoms with Crippen LogP contribution in [0.25, 0.3) is 39.2 Å². The number of hydrogen-bond donors (Lipinski definition) is 3. The molecule has 5 rings (SSSR count). The van der Waals surface area contributed by atoms with E-state index in [1.54, 1.807) is 6.20 Å². The van der Waals surface area contributed by atoms with Crippen LogP contribution in [0, 0.1) is 0 Å². The number of rotatable bonds is 2. The summed E-state index contributed by atoms with van der Waals surface area (Å²) in [6.07, 6.45) is 5.06. The van der Waals surface area contributed by atoms with Crippen molar-refractivity contribution in [1.82, 2.24) is 30.5 Å². The van der Waals surface area contributed by atoms with Gasteiger partial charge in [-0.2, -0.15) is 5.10 Å². The third-order valence-corrected chi connectivity index (χ3v) is 4.48. The lowest BCUT2D eigenvalue weighted by Gasteiger charge is -2.14. The van der Waals surface area contributed by atoms with Crippen molar-refractivity contribution in [1.29, 1.82) is 0 Å². The van der Waals surface area contributed by atoms with Crippen molar-refractivity contribution in [2.45, 2.75) is 6.42 Å². The summed E-state index contributed by atoms with van der Waals surface area (Å²) in [7, 11) is 0. The highest BCUT2D eigenvalue weighted by Crippen LogP contribution is 2.29. The zero-order chi connectivity index (χ0) is 15.9. The first-order valence-electron chi connectivity index (χ1n) is 8.08. The Bertz CT molecular complexity index is 1040. The summed E-state index contributed by atoms with van der Waals surface area (Å²) in [5.41, 5.74) is 6.10. The largest absolute Gasteiger partial charge is 0.335 e. The molecule has 1 aromatic carbocycles. The van der Waals surface area contributed by atoms with Crippen LogP contribution in [0.1, 0.15) is 12.0 Å². The summed E-state index contributed by atoms with van der Waals surface area (Å²) in [6.45, 7) is 1.96. The quantitative estimate of drug-likeness (QED) is 0.531. The summed E-state index contributed by atoms with van der Waals surface area (Å²) in [6, 6.07) is 10.3. The maximum Gasteiger partial charge on any atom is 0.178 e. The molecule has 6 heteroatoms. The highest BCUT2D eigenvalue weighted by Gasteiger charge is 2.14. The minimum atomic E-state index is 0.709. The summed E-state index contributed by atoms with van der Waals surface area (Å²) < 4.78 is 0. The molecule has 24 heavy (non-hydrogen) atoms. The van der Waals surface area contributed by atoms with Gasteiger partial charge < -0.3 is 10.3 Å². The van der Waals surface area contributed by atoms with Crippen LogP contribution in [0.3, 0.4) is 0 Å². The first-order chi connectivity index (χ1) is 11.9. The smallest absolute Gasteiger partial charge is 0.178 e. The van der Waals surface area contributed by atoms with Crippen LogP contribution < -0.4 is 5.32 Å². The average Bonchev–Trinajstić information content (AvgIpc) is 3.25. The van der Waals surface area contributed by atoms with E-state index in [4.69, 9.17) is 0 Å². The van der Waals surface area contributed by atoms with Crippen LogP contribution in [-0.4, -0.2) is 38.2 Å². The molecular weight excluding hydrogens is 300 g/mol. The molecule has 0 unspecified atom stereocenters. The van der Waals surface area contributed by atoms with E-state index in [9.17, 15) is 0 Å². The minimum Gasteiger partial charge on any atom is -0.335 e. The molecule has 3 aromatic heterocycles. The van der Waals surface area contributed by atoms with Crippen molar-refractivity contribution in [2.24, 2.45) is 0 Å². The lowest BCUT2D eigenvalue weighted by Crippen LogP contribution is -2.19. The van der Waals surface area contributed by atoms with Crippen molar-refractivity contribution in [3.05, 3.63) is 48.2 Å². The van der Waals surface area contributed by atoms with Gasteiger partial charge in [-0.3, -0.25) is 5.10 Å². The van der Waals surface area contributed by atoms with Gasteiger partial charge in [-0.1, -0.05) is 12.1 Å². The van der Waals surface area contributed by atoms with Crippen LogP contribution in [0.5, 0.6) is 0 Å². The first-order valence-corrected chi connectivity index (χ1v) is 8.08. The molecule has 0 fully saturated rings. The molecule has 0 atom stereocenters. The molecule has 0 saturated carbocycles. The highest BCUT2D eigenvalue weighted by molar-refractivity contribution is 5.94. The summed E-state index contributed by atoms with van der Waals surface area (Å²) in [5.74, 6) is 0.742. The molecule has 4 heterocycles. The van der Waals surface area contributed by atoms with Gasteiger partial charge in [0.1, 0.15) is 5.69 Å². The minimum absolute atomic E-state index is 0.709. The standard InChI is InChI=1S/C18H16N6/c1-2-15-17(20-7-1)22-18(21-15)16-13-10-12(3-4-14(13)23-24-16)11-5-8-19-9-6-11/h1-5,7,10,19H,6,8-9H2,(H,23,24)(H,20,21,22). The molecule has 0 amide bonds. The van der Waals surface area contributed by atoms with Crippen LogP contribution in [-0.2, 0) is 0 Å². The fraction of sp³-hybridized carbons (Fsp3) is 0.167. The third-order valence-electron chi connectivity index (χ3n) is 4.48. The molecule has 1 aliphatic heterocycles. The number of nitrogens with one attached hydrogen (secondary N) is 3. The topological polar surface area (TPSA) is 82.3 Å². The number of fused-ring (bicyclic) bond motifs is 2. The Kier molecular flexibility index (Phi) is 2.96. The molecule has 0 bridgehead atoms. The van der Waals surface area contributed by atoms with Crippen LogP contribution in [0.2, 0.25) is 0 Å². The normalized spacial score (nSPS) is 15.1. The molecule has 1 aliphatic rings. The molecule has 0 spiro atoms. The Morgan fingerprint density at radius 1 is 1.08 bits per heavy atom. The second kappa shape index (κ2) is 5.28. The second-order valence-electron chi connectivity index (χ2n) is 5.98. The van der Waals surface area contributed by atoms with E-state index >= 15 is 0 Å². The Morgan fingerprint density at radius 3 is 2.96 bits per heavy atom. The zero-order valence-electron chi connectivity index (χ0n) is 13.0. The van der Waals surface area contributed by atoms with Gasteiger partial charge in [0.25, 0.3) is 0 Å². The molecular formula is C18H16N6. The average molecular weight is 316 g/mol. The molecule has 4 aromatic rings. The number of aromatic amines is 2. The number of imidazole rings is 1. The van der Waals surface area contributed by atoms with Crippen molar-refractivity contribution in [3.8, 4) is 11.5 Å². The van der Waals surface area contributed by atoms with Crippen molar-refractivity contribution < 1.29 is 0 Å². The van der Waals surface area contributed by atoms with Gasteiger partial charge in [0.05, 0.1) is 11.0 Å². The van der Waals surface area contributed by atoms with Gasteiger partial charge in [0.15, 0.2) is 11.5 Å². The van der Waals surface area contributed by atoms with Gasteiger partial charge in [0, 0.05) is 18.1 Å². The van der Waals surface area contributed by atoms with Crippen molar-refractivity contribution in [3.63, 3.8) is 0 Å². The lowest BCUT2D eigenvalue weighted by atomic mass is 9.98. The maximum absolute atomic E-state index is 4.57. The van der Waals surface area contributed by atoms with E-state index in [0.29, 0.717) is 5.65 Å². The number of pyridine rings is 1. The van der Waals surface area contributed by atoms with Crippen LogP contribution in [0.4, 0.5) is 0 Å². The molecule has 0 saturated heterocycles. The van der Waals surface area contributed by atoms with E-state index < -0.39 is 0 Å². The zero-order valence-corrected chi connectivity index (χ0v) is 13.0. The Hall–Kier alpha value is -2.99. The first kappa shape index (κ1) is 13.4. The number of hydrogen-bond acceptors (Lipinski definition) is 4. The van der Waals surface area contributed by atoms with Gasteiger partial charge >= 0.3 is 0 Å². The molecule has 0 radical (unpaired) electrons. The van der Waals surface area contributed by atoms with Crippen LogP contribution in [0.15, 0.2) is 42.6 Å². The summed E-state index contributed by atoms with van der Waals surface area (Å²) in [4.78, 5) is 12.2. The predicted octanol–water partition coefficient (Wildman–Crippen LogP) is 2.88. The fourth-order valence-electron chi connectivity index (χ4n) is 3.24. The maximum atomic E-state index is 4.57. The van der Waals surface area contributed by atoms with Crippen LogP contribution >= 0.6 is 0 Å². The number of H-pyrrole nitrogens is 2. The molecule has 6 nitrogen and oxygen atoms in total. The number of benzene rings is 1. The van der Waals surface area contributed by atoms with Gasteiger partial charge in [0.2, 0.25) is 0 Å². The number of aromatic nitrogens is 5.